The smallest absolute Gasteiger partial charge is 0.234 e. The van der Waals surface area contributed by atoms with E-state index in [0.29, 0.717) is 19.1 Å². The minimum atomic E-state index is 0.0600. The van der Waals surface area contributed by atoms with Crippen molar-refractivity contribution >= 4 is 5.91 Å². The van der Waals surface area contributed by atoms with Gasteiger partial charge in [0.1, 0.15) is 0 Å². The molecule has 1 rings (SSSR count). The first-order valence-electron chi connectivity index (χ1n) is 5.66. The highest BCUT2D eigenvalue weighted by Gasteiger charge is 2.19. The fraction of sp³-hybridized carbons (Fsp3) is 0.750. The molecule has 2 N–H and O–H groups in total. The normalized spacial score (nSPS) is 25.6. The number of hydrogen-bond acceptors (Lipinski definition) is 2. The van der Waals surface area contributed by atoms with Gasteiger partial charge in [0.15, 0.2) is 0 Å². The van der Waals surface area contributed by atoms with Crippen LogP contribution in [0.3, 0.4) is 0 Å². The maximum absolute atomic E-state index is 11.4. The van der Waals surface area contributed by atoms with Crippen molar-refractivity contribution in [1.82, 2.24) is 10.6 Å². The van der Waals surface area contributed by atoms with Gasteiger partial charge in [-0.25, -0.2) is 0 Å². The maximum Gasteiger partial charge on any atom is 0.234 e. The fourth-order valence-electron chi connectivity index (χ4n) is 1.93. The molecule has 1 saturated carbocycles. The van der Waals surface area contributed by atoms with E-state index in [4.69, 9.17) is 6.42 Å². The third-order valence-electron chi connectivity index (χ3n) is 2.89. The van der Waals surface area contributed by atoms with Crippen molar-refractivity contribution in [3.63, 3.8) is 0 Å². The van der Waals surface area contributed by atoms with Gasteiger partial charge < -0.3 is 5.32 Å². The molecule has 0 atom stereocenters. The molecule has 0 saturated heterocycles. The van der Waals surface area contributed by atoms with E-state index in [1.165, 1.54) is 12.8 Å². The van der Waals surface area contributed by atoms with E-state index in [0.717, 1.165) is 18.8 Å². The van der Waals surface area contributed by atoms with Crippen molar-refractivity contribution < 1.29 is 4.79 Å². The van der Waals surface area contributed by atoms with Crippen molar-refractivity contribution in [2.24, 2.45) is 5.92 Å². The predicted molar refractivity (Wildman–Crippen MR) is 61.3 cm³/mol. The molecule has 1 fully saturated rings. The van der Waals surface area contributed by atoms with Crippen molar-refractivity contribution in [2.75, 3.05) is 13.1 Å². The Morgan fingerprint density at radius 2 is 2.07 bits per heavy atom. The topological polar surface area (TPSA) is 41.1 Å². The Morgan fingerprint density at radius 3 is 2.67 bits per heavy atom. The molecule has 0 aromatic heterocycles. The molecule has 1 aliphatic rings. The third kappa shape index (κ3) is 4.85. The largest absolute Gasteiger partial charge is 0.352 e. The summed E-state index contributed by atoms with van der Waals surface area (Å²) in [6.07, 6.45) is 9.75. The highest BCUT2D eigenvalue weighted by molar-refractivity contribution is 5.78. The van der Waals surface area contributed by atoms with Gasteiger partial charge in [0.25, 0.3) is 0 Å². The van der Waals surface area contributed by atoms with Crippen molar-refractivity contribution in [1.29, 1.82) is 0 Å². The Labute approximate surface area is 92.0 Å². The Morgan fingerprint density at radius 1 is 1.40 bits per heavy atom. The van der Waals surface area contributed by atoms with Gasteiger partial charge in [0.2, 0.25) is 5.91 Å². The molecular formula is C12H20N2O. The van der Waals surface area contributed by atoms with Crippen LogP contribution in [0.5, 0.6) is 0 Å². The van der Waals surface area contributed by atoms with E-state index >= 15 is 0 Å². The van der Waals surface area contributed by atoms with E-state index in [1.807, 2.05) is 0 Å². The average molecular weight is 208 g/mol. The number of nitrogens with one attached hydrogen (secondary N) is 2. The van der Waals surface area contributed by atoms with E-state index in [2.05, 4.69) is 23.5 Å². The SMILES string of the molecule is C#CCNCC(=O)NC1CCC(C)CC1. The van der Waals surface area contributed by atoms with Crippen molar-refractivity contribution in [2.45, 2.75) is 38.6 Å². The van der Waals surface area contributed by atoms with Crippen LogP contribution >= 0.6 is 0 Å². The van der Waals surface area contributed by atoms with Gasteiger partial charge in [-0.15, -0.1) is 6.42 Å². The lowest BCUT2D eigenvalue weighted by Gasteiger charge is -2.26. The van der Waals surface area contributed by atoms with Gasteiger partial charge in [-0.05, 0) is 31.6 Å². The zero-order valence-electron chi connectivity index (χ0n) is 9.38. The zero-order valence-corrected chi connectivity index (χ0v) is 9.38. The quantitative estimate of drug-likeness (QED) is 0.532. The molecule has 0 heterocycles. The molecular weight excluding hydrogens is 188 g/mol. The van der Waals surface area contributed by atoms with Crippen LogP contribution in [0.1, 0.15) is 32.6 Å². The van der Waals surface area contributed by atoms with Crippen LogP contribution in [0.4, 0.5) is 0 Å². The van der Waals surface area contributed by atoms with Gasteiger partial charge in [-0.2, -0.15) is 0 Å². The summed E-state index contributed by atoms with van der Waals surface area (Å²) in [5.74, 6) is 3.32. The van der Waals surface area contributed by atoms with Gasteiger partial charge in [0, 0.05) is 6.04 Å². The minimum absolute atomic E-state index is 0.0600. The molecule has 15 heavy (non-hydrogen) atoms. The van der Waals surface area contributed by atoms with Crippen LogP contribution in [0.2, 0.25) is 0 Å². The molecule has 0 spiro atoms. The lowest BCUT2D eigenvalue weighted by atomic mass is 9.87. The van der Waals surface area contributed by atoms with Crippen LogP contribution in [-0.2, 0) is 4.79 Å². The highest BCUT2D eigenvalue weighted by atomic mass is 16.1. The second-order valence-electron chi connectivity index (χ2n) is 4.33. The monoisotopic (exact) mass is 208 g/mol. The molecule has 0 aromatic carbocycles. The fourth-order valence-corrected chi connectivity index (χ4v) is 1.93. The number of carbonyl (C=O) groups excluding carboxylic acids is 1. The van der Waals surface area contributed by atoms with Crippen molar-refractivity contribution in [3.05, 3.63) is 0 Å². The molecule has 1 amide bonds. The Hall–Kier alpha value is -1.01. The summed E-state index contributed by atoms with van der Waals surface area (Å²) < 4.78 is 0. The van der Waals surface area contributed by atoms with Crippen molar-refractivity contribution in [3.8, 4) is 12.3 Å². The standard InChI is InChI=1S/C12H20N2O/c1-3-8-13-9-12(15)14-11-6-4-10(2)5-7-11/h1,10-11,13H,4-9H2,2H3,(H,14,15). The lowest BCUT2D eigenvalue weighted by molar-refractivity contribution is -0.121. The second-order valence-corrected chi connectivity index (χ2v) is 4.33. The van der Waals surface area contributed by atoms with Gasteiger partial charge in [-0.1, -0.05) is 12.8 Å². The summed E-state index contributed by atoms with van der Waals surface area (Å²) in [5.41, 5.74) is 0. The summed E-state index contributed by atoms with van der Waals surface area (Å²) in [6.45, 7) is 3.05. The second kappa shape index (κ2) is 6.47. The number of terminal acetylenes is 1. The van der Waals surface area contributed by atoms with Crippen LogP contribution in [0.25, 0.3) is 0 Å². The van der Waals surface area contributed by atoms with Crippen LogP contribution in [-0.4, -0.2) is 25.0 Å². The molecule has 0 aromatic rings. The van der Waals surface area contributed by atoms with E-state index in [-0.39, 0.29) is 5.91 Å². The number of rotatable bonds is 4. The molecule has 0 radical (unpaired) electrons. The Bertz CT molecular complexity index is 236. The summed E-state index contributed by atoms with van der Waals surface area (Å²) in [7, 11) is 0. The third-order valence-corrected chi connectivity index (χ3v) is 2.89. The molecule has 84 valence electrons. The summed E-state index contributed by atoms with van der Waals surface area (Å²) in [5, 5.41) is 5.91. The number of hydrogen-bond donors (Lipinski definition) is 2. The molecule has 0 aliphatic heterocycles. The first-order valence-corrected chi connectivity index (χ1v) is 5.66. The zero-order chi connectivity index (χ0) is 11.1. The first-order chi connectivity index (χ1) is 7.22. The highest BCUT2D eigenvalue weighted by Crippen LogP contribution is 2.23. The molecule has 3 heteroatoms. The summed E-state index contributed by atoms with van der Waals surface area (Å²) >= 11 is 0. The predicted octanol–water partition coefficient (Wildman–Crippen LogP) is 0.904. The first kappa shape index (κ1) is 12.1. The van der Waals surface area contributed by atoms with Crippen LogP contribution in [0, 0.1) is 18.3 Å². The number of amides is 1. The molecule has 0 bridgehead atoms. The lowest BCUT2D eigenvalue weighted by Crippen LogP contribution is -2.42. The Balaban J connectivity index is 2.13. The van der Waals surface area contributed by atoms with Gasteiger partial charge in [-0.3, -0.25) is 10.1 Å². The van der Waals surface area contributed by atoms with Crippen LogP contribution in [0.15, 0.2) is 0 Å². The van der Waals surface area contributed by atoms with Gasteiger partial charge in [0.05, 0.1) is 13.1 Å². The van der Waals surface area contributed by atoms with Gasteiger partial charge >= 0.3 is 0 Å². The number of carbonyl (C=O) groups is 1. The molecule has 0 unspecified atom stereocenters. The molecule has 3 nitrogen and oxygen atoms in total. The van der Waals surface area contributed by atoms with E-state index in [1.54, 1.807) is 0 Å². The van der Waals surface area contributed by atoms with E-state index < -0.39 is 0 Å². The summed E-state index contributed by atoms with van der Waals surface area (Å²) in [4.78, 5) is 11.4. The molecule has 1 aliphatic carbocycles. The summed E-state index contributed by atoms with van der Waals surface area (Å²) in [6, 6.07) is 0.376. The van der Waals surface area contributed by atoms with Crippen LogP contribution < -0.4 is 10.6 Å². The maximum atomic E-state index is 11.4. The Kier molecular flexibility index (Phi) is 5.20. The van der Waals surface area contributed by atoms with E-state index in [9.17, 15) is 4.79 Å². The minimum Gasteiger partial charge on any atom is -0.352 e. The average Bonchev–Trinajstić information content (AvgIpc) is 2.22.